The first-order chi connectivity index (χ1) is 15.6. The molecule has 2 heteroatoms. The predicted molar refractivity (Wildman–Crippen MR) is 140 cm³/mol. The third-order valence-electron chi connectivity index (χ3n) is 8.77. The topological polar surface area (TPSA) is 52.0 Å². The Bertz CT molecular complexity index is 870. The summed E-state index contributed by atoms with van der Waals surface area (Å²) in [4.78, 5) is 0. The molecule has 0 aromatic heterocycles. The van der Waals surface area contributed by atoms with Gasteiger partial charge >= 0.3 is 0 Å². The average molecular weight is 433 g/mol. The lowest BCUT2D eigenvalue weighted by atomic mass is 9.68. The standard InChI is InChI=1S/C30H44N2/c1-3-4-5-7-22-10-12-23(13-11-22)24-14-16-25(17-15-24)26-8-6-9-27(20-26)28-18-19-29(31)21(2)30(28)32/h6,8-9,18-20,22-25H,3-5,7,10-17,31-32H2,1-2H3. The largest absolute Gasteiger partial charge is 0.398 e. The SMILES string of the molecule is CCCCCC1CCC(C2CCC(c3cccc(-c4ccc(N)c(C)c4N)c3)CC2)CC1. The average Bonchev–Trinajstić information content (AvgIpc) is 2.83. The van der Waals surface area contributed by atoms with Crippen LogP contribution in [0.4, 0.5) is 11.4 Å². The molecule has 32 heavy (non-hydrogen) atoms. The molecule has 0 amide bonds. The van der Waals surface area contributed by atoms with Crippen molar-refractivity contribution in [3.05, 3.63) is 47.5 Å². The molecule has 2 aliphatic carbocycles. The molecule has 0 aliphatic heterocycles. The van der Waals surface area contributed by atoms with Crippen LogP contribution >= 0.6 is 0 Å². The summed E-state index contributed by atoms with van der Waals surface area (Å²) in [5, 5.41) is 0. The number of hydrogen-bond donors (Lipinski definition) is 2. The minimum Gasteiger partial charge on any atom is -0.398 e. The van der Waals surface area contributed by atoms with Crippen LogP contribution in [0.1, 0.15) is 101 Å². The van der Waals surface area contributed by atoms with Gasteiger partial charge in [0.05, 0.1) is 0 Å². The van der Waals surface area contributed by atoms with Crippen LogP contribution in [-0.4, -0.2) is 0 Å². The van der Waals surface area contributed by atoms with Gasteiger partial charge in [-0.3, -0.25) is 0 Å². The molecule has 2 aliphatic rings. The lowest BCUT2D eigenvalue weighted by Crippen LogP contribution is -2.25. The number of rotatable bonds is 7. The number of hydrogen-bond acceptors (Lipinski definition) is 2. The van der Waals surface area contributed by atoms with Gasteiger partial charge in [-0.05, 0) is 91.9 Å². The molecule has 2 fully saturated rings. The molecule has 2 aromatic carbocycles. The Hall–Kier alpha value is -1.96. The second-order valence-electron chi connectivity index (χ2n) is 10.8. The summed E-state index contributed by atoms with van der Waals surface area (Å²) in [6.45, 7) is 4.33. The van der Waals surface area contributed by atoms with Gasteiger partial charge in [-0.1, -0.05) is 75.8 Å². The van der Waals surface area contributed by atoms with Gasteiger partial charge in [0.1, 0.15) is 0 Å². The van der Waals surface area contributed by atoms with Crippen molar-refractivity contribution in [2.24, 2.45) is 17.8 Å². The maximum Gasteiger partial charge on any atom is 0.0444 e. The molecular weight excluding hydrogens is 388 g/mol. The Kier molecular flexibility index (Phi) is 7.81. The molecule has 2 saturated carbocycles. The maximum absolute atomic E-state index is 6.41. The van der Waals surface area contributed by atoms with Gasteiger partial charge in [-0.2, -0.15) is 0 Å². The molecule has 2 aromatic rings. The Labute approximate surface area is 196 Å². The van der Waals surface area contributed by atoms with Gasteiger partial charge in [0, 0.05) is 16.9 Å². The molecule has 0 bridgehead atoms. The normalized spacial score (nSPS) is 26.2. The highest BCUT2D eigenvalue weighted by Crippen LogP contribution is 2.45. The minimum atomic E-state index is 0.702. The third kappa shape index (κ3) is 5.33. The molecule has 4 N–H and O–H groups in total. The minimum absolute atomic E-state index is 0.702. The van der Waals surface area contributed by atoms with Crippen molar-refractivity contribution in [3.8, 4) is 11.1 Å². The van der Waals surface area contributed by atoms with Crippen molar-refractivity contribution in [1.29, 1.82) is 0 Å². The first kappa shape index (κ1) is 23.2. The summed E-state index contributed by atoms with van der Waals surface area (Å²) in [6, 6.07) is 13.2. The van der Waals surface area contributed by atoms with E-state index >= 15 is 0 Å². The van der Waals surface area contributed by atoms with Gasteiger partial charge in [0.15, 0.2) is 0 Å². The lowest BCUT2D eigenvalue weighted by Gasteiger charge is -2.38. The lowest BCUT2D eigenvalue weighted by molar-refractivity contribution is 0.155. The fraction of sp³-hybridized carbons (Fsp3) is 0.600. The molecule has 174 valence electrons. The summed E-state index contributed by atoms with van der Waals surface area (Å²) < 4.78 is 0. The van der Waals surface area contributed by atoms with Crippen LogP contribution in [0.15, 0.2) is 36.4 Å². The number of nitrogen functional groups attached to an aromatic ring is 2. The highest BCUT2D eigenvalue weighted by atomic mass is 14.6. The van der Waals surface area contributed by atoms with E-state index in [1.807, 2.05) is 13.0 Å². The van der Waals surface area contributed by atoms with E-state index in [-0.39, 0.29) is 0 Å². The number of benzene rings is 2. The Morgan fingerprint density at radius 2 is 1.50 bits per heavy atom. The van der Waals surface area contributed by atoms with Crippen LogP contribution < -0.4 is 11.5 Å². The van der Waals surface area contributed by atoms with Gasteiger partial charge < -0.3 is 11.5 Å². The van der Waals surface area contributed by atoms with Crippen LogP contribution in [0.25, 0.3) is 11.1 Å². The molecule has 0 spiro atoms. The zero-order valence-corrected chi connectivity index (χ0v) is 20.4. The van der Waals surface area contributed by atoms with Crippen LogP contribution in [0, 0.1) is 24.7 Å². The van der Waals surface area contributed by atoms with E-state index in [1.165, 1.54) is 88.2 Å². The molecule has 0 heterocycles. The summed E-state index contributed by atoms with van der Waals surface area (Å²) in [7, 11) is 0. The van der Waals surface area contributed by atoms with E-state index in [2.05, 4.69) is 37.3 Å². The first-order valence-corrected chi connectivity index (χ1v) is 13.3. The van der Waals surface area contributed by atoms with Crippen molar-refractivity contribution in [2.45, 2.75) is 96.8 Å². The third-order valence-corrected chi connectivity index (χ3v) is 8.77. The number of nitrogens with two attached hydrogens (primary N) is 2. The molecule has 0 radical (unpaired) electrons. The van der Waals surface area contributed by atoms with Crippen molar-refractivity contribution in [1.82, 2.24) is 0 Å². The molecule has 4 rings (SSSR count). The van der Waals surface area contributed by atoms with Crippen LogP contribution in [0.5, 0.6) is 0 Å². The number of unbranched alkanes of at least 4 members (excludes halogenated alkanes) is 2. The zero-order chi connectivity index (χ0) is 22.5. The summed E-state index contributed by atoms with van der Waals surface area (Å²) >= 11 is 0. The van der Waals surface area contributed by atoms with E-state index in [9.17, 15) is 0 Å². The van der Waals surface area contributed by atoms with Crippen molar-refractivity contribution in [2.75, 3.05) is 11.5 Å². The first-order valence-electron chi connectivity index (χ1n) is 13.3. The van der Waals surface area contributed by atoms with E-state index < -0.39 is 0 Å². The smallest absolute Gasteiger partial charge is 0.0444 e. The second-order valence-corrected chi connectivity index (χ2v) is 10.8. The monoisotopic (exact) mass is 432 g/mol. The Balaban J connectivity index is 1.33. The molecule has 0 saturated heterocycles. The molecule has 2 nitrogen and oxygen atoms in total. The summed E-state index contributed by atoms with van der Waals surface area (Å²) in [5.74, 6) is 3.71. The van der Waals surface area contributed by atoms with Crippen molar-refractivity contribution < 1.29 is 0 Å². The van der Waals surface area contributed by atoms with Crippen LogP contribution in [0.3, 0.4) is 0 Å². The van der Waals surface area contributed by atoms with Gasteiger partial charge in [0.25, 0.3) is 0 Å². The Morgan fingerprint density at radius 1 is 0.812 bits per heavy atom. The summed E-state index contributed by atoms with van der Waals surface area (Å²) in [6.07, 6.45) is 17.3. The van der Waals surface area contributed by atoms with Crippen molar-refractivity contribution in [3.63, 3.8) is 0 Å². The fourth-order valence-corrected chi connectivity index (χ4v) is 6.51. The van der Waals surface area contributed by atoms with Crippen LogP contribution in [-0.2, 0) is 0 Å². The fourth-order valence-electron chi connectivity index (χ4n) is 6.51. The van der Waals surface area contributed by atoms with E-state index in [0.717, 1.165) is 40.3 Å². The predicted octanol–water partition coefficient (Wildman–Crippen LogP) is 8.49. The quantitative estimate of drug-likeness (QED) is 0.340. The Morgan fingerprint density at radius 3 is 2.19 bits per heavy atom. The molecule has 0 unspecified atom stereocenters. The zero-order valence-electron chi connectivity index (χ0n) is 20.4. The molecule has 0 atom stereocenters. The summed E-state index contributed by atoms with van der Waals surface area (Å²) in [5.41, 5.74) is 18.9. The van der Waals surface area contributed by atoms with Crippen molar-refractivity contribution >= 4 is 11.4 Å². The highest BCUT2D eigenvalue weighted by molar-refractivity contribution is 5.82. The maximum atomic E-state index is 6.41. The van der Waals surface area contributed by atoms with Gasteiger partial charge in [0.2, 0.25) is 0 Å². The molecular formula is C30H44N2. The highest BCUT2D eigenvalue weighted by Gasteiger charge is 2.31. The van der Waals surface area contributed by atoms with Crippen LogP contribution in [0.2, 0.25) is 0 Å². The van der Waals surface area contributed by atoms with Gasteiger partial charge in [-0.15, -0.1) is 0 Å². The number of anilines is 2. The van der Waals surface area contributed by atoms with E-state index in [1.54, 1.807) is 0 Å². The second kappa shape index (κ2) is 10.8. The van der Waals surface area contributed by atoms with E-state index in [0.29, 0.717) is 5.92 Å². The van der Waals surface area contributed by atoms with E-state index in [4.69, 9.17) is 11.5 Å². The van der Waals surface area contributed by atoms with Gasteiger partial charge in [-0.25, -0.2) is 0 Å².